The Morgan fingerprint density at radius 1 is 1.19 bits per heavy atom. The van der Waals surface area contributed by atoms with Gasteiger partial charge in [-0.3, -0.25) is 14.6 Å². The maximum Gasteiger partial charge on any atom is 0.224 e. The van der Waals surface area contributed by atoms with Crippen molar-refractivity contribution in [2.45, 2.75) is 31.8 Å². The molecule has 5 nitrogen and oxygen atoms in total. The lowest BCUT2D eigenvalue weighted by Gasteiger charge is -2.49. The molecule has 6 heteroatoms. The molecule has 1 aromatic carbocycles. The van der Waals surface area contributed by atoms with Gasteiger partial charge in [0, 0.05) is 69.8 Å². The van der Waals surface area contributed by atoms with Crippen molar-refractivity contribution < 1.29 is 9.53 Å². The molecule has 1 unspecified atom stereocenters. The van der Waals surface area contributed by atoms with Crippen molar-refractivity contribution in [3.05, 3.63) is 35.9 Å². The first kappa shape index (κ1) is 20.6. The summed E-state index contributed by atoms with van der Waals surface area (Å²) in [4.78, 5) is 17.4. The molecule has 2 aliphatic rings. The van der Waals surface area contributed by atoms with Crippen LogP contribution in [0.1, 0.15) is 25.3 Å². The van der Waals surface area contributed by atoms with Crippen LogP contribution in [0.5, 0.6) is 0 Å². The molecular weight excluding hydrogens is 362 g/mol. The van der Waals surface area contributed by atoms with Crippen molar-refractivity contribution in [3.63, 3.8) is 0 Å². The Balaban J connectivity index is 1.57. The average molecular weight is 394 g/mol. The van der Waals surface area contributed by atoms with Crippen LogP contribution in [0.2, 0.25) is 0 Å². The zero-order valence-electron chi connectivity index (χ0n) is 16.3. The highest BCUT2D eigenvalue weighted by atomic mass is 35.5. The van der Waals surface area contributed by atoms with Gasteiger partial charge in [-0.1, -0.05) is 37.3 Å². The third-order valence-corrected chi connectivity index (χ3v) is 6.45. The lowest BCUT2D eigenvalue weighted by molar-refractivity contribution is -0.125. The molecule has 0 bridgehead atoms. The monoisotopic (exact) mass is 393 g/mol. The normalized spacial score (nSPS) is 22.3. The zero-order chi connectivity index (χ0) is 19.1. The molecule has 2 saturated heterocycles. The van der Waals surface area contributed by atoms with E-state index in [1.165, 1.54) is 5.56 Å². The Hall–Kier alpha value is -1.14. The Morgan fingerprint density at radius 3 is 2.48 bits per heavy atom. The molecule has 150 valence electrons. The number of ether oxygens (including phenoxy) is 1. The fourth-order valence-electron chi connectivity index (χ4n) is 4.07. The number of halogens is 1. The van der Waals surface area contributed by atoms with Crippen LogP contribution in [0, 0.1) is 5.92 Å². The highest BCUT2D eigenvalue weighted by Gasteiger charge is 2.40. The first-order valence-electron chi connectivity index (χ1n) is 10.1. The van der Waals surface area contributed by atoms with E-state index < -0.39 is 0 Å². The van der Waals surface area contributed by atoms with Crippen molar-refractivity contribution in [2.75, 3.05) is 51.8 Å². The maximum atomic E-state index is 12.2. The van der Waals surface area contributed by atoms with Crippen LogP contribution in [0.4, 0.5) is 0 Å². The second kappa shape index (κ2) is 9.87. The number of alkyl halides is 1. The molecule has 1 N–H and O–H groups in total. The van der Waals surface area contributed by atoms with E-state index in [-0.39, 0.29) is 17.4 Å². The molecule has 27 heavy (non-hydrogen) atoms. The second-order valence-corrected chi connectivity index (χ2v) is 8.17. The quantitative estimate of drug-likeness (QED) is 0.722. The highest BCUT2D eigenvalue weighted by molar-refractivity contribution is 6.19. The number of nitrogens with one attached hydrogen (secondary N) is 1. The number of benzene rings is 1. The van der Waals surface area contributed by atoms with Crippen LogP contribution in [0.15, 0.2) is 30.3 Å². The number of rotatable bonds is 7. The van der Waals surface area contributed by atoms with E-state index in [9.17, 15) is 4.79 Å². The Bertz CT molecular complexity index is 584. The first-order valence-corrected chi connectivity index (χ1v) is 10.6. The van der Waals surface area contributed by atoms with Gasteiger partial charge < -0.3 is 10.1 Å². The van der Waals surface area contributed by atoms with Gasteiger partial charge in [-0.05, 0) is 18.4 Å². The Morgan fingerprint density at radius 2 is 1.85 bits per heavy atom. The summed E-state index contributed by atoms with van der Waals surface area (Å²) in [6, 6.07) is 10.7. The molecule has 2 heterocycles. The highest BCUT2D eigenvalue weighted by Crippen LogP contribution is 2.29. The van der Waals surface area contributed by atoms with E-state index >= 15 is 0 Å². The first-order chi connectivity index (χ1) is 13.1. The van der Waals surface area contributed by atoms with E-state index in [4.69, 9.17) is 16.3 Å². The predicted octanol–water partition coefficient (Wildman–Crippen LogP) is 2.34. The summed E-state index contributed by atoms with van der Waals surface area (Å²) in [6.45, 7) is 9.30. The second-order valence-electron chi connectivity index (χ2n) is 7.86. The molecule has 0 spiro atoms. The molecule has 0 radical (unpaired) electrons. The Labute approximate surface area is 168 Å². The van der Waals surface area contributed by atoms with Crippen LogP contribution in [-0.2, 0) is 16.1 Å². The van der Waals surface area contributed by atoms with Crippen molar-refractivity contribution >= 4 is 17.5 Å². The lowest BCUT2D eigenvalue weighted by Crippen LogP contribution is -2.63. The van der Waals surface area contributed by atoms with E-state index in [0.717, 1.165) is 58.8 Å². The molecule has 3 rings (SSSR count). The minimum absolute atomic E-state index is 0.0127. The maximum absolute atomic E-state index is 12.2. The number of amides is 1. The van der Waals surface area contributed by atoms with Crippen molar-refractivity contribution in [1.29, 1.82) is 0 Å². The van der Waals surface area contributed by atoms with Crippen LogP contribution >= 0.6 is 11.6 Å². The summed E-state index contributed by atoms with van der Waals surface area (Å²) in [5.74, 6) is 0.268. The van der Waals surface area contributed by atoms with Crippen molar-refractivity contribution in [2.24, 2.45) is 5.92 Å². The van der Waals surface area contributed by atoms with E-state index in [1.807, 2.05) is 6.92 Å². The minimum Gasteiger partial charge on any atom is -0.381 e. The number of carbonyl (C=O) groups excluding carboxylic acids is 1. The van der Waals surface area contributed by atoms with Crippen LogP contribution < -0.4 is 5.32 Å². The Kier molecular flexibility index (Phi) is 7.53. The number of hydrogen-bond donors (Lipinski definition) is 1. The summed E-state index contributed by atoms with van der Waals surface area (Å²) in [7, 11) is 0. The molecule has 1 amide bonds. The summed E-state index contributed by atoms with van der Waals surface area (Å²) >= 11 is 5.84. The summed E-state index contributed by atoms with van der Waals surface area (Å²) in [5, 5.41) is 3.16. The van der Waals surface area contributed by atoms with Gasteiger partial charge in [0.1, 0.15) is 0 Å². The van der Waals surface area contributed by atoms with Crippen LogP contribution in [-0.4, -0.2) is 73.1 Å². The fraction of sp³-hybridized carbons (Fsp3) is 0.667. The topological polar surface area (TPSA) is 44.8 Å². The van der Waals surface area contributed by atoms with Gasteiger partial charge in [0.05, 0.1) is 0 Å². The van der Waals surface area contributed by atoms with Gasteiger partial charge in [-0.25, -0.2) is 0 Å². The smallest absolute Gasteiger partial charge is 0.224 e. The largest absolute Gasteiger partial charge is 0.381 e. The predicted molar refractivity (Wildman–Crippen MR) is 109 cm³/mol. The third kappa shape index (κ3) is 5.44. The zero-order valence-corrected chi connectivity index (χ0v) is 17.1. The van der Waals surface area contributed by atoms with E-state index in [1.54, 1.807) is 0 Å². The van der Waals surface area contributed by atoms with Gasteiger partial charge in [0.25, 0.3) is 0 Å². The molecule has 2 aliphatic heterocycles. The summed E-state index contributed by atoms with van der Waals surface area (Å²) < 4.78 is 5.62. The summed E-state index contributed by atoms with van der Waals surface area (Å²) in [6.07, 6.45) is 1.95. The SMILES string of the molecule is CC(CCl)C(=O)NCC1(N2CCN(Cc3ccccc3)CC2)CCOCC1. The number of hydrogen-bond acceptors (Lipinski definition) is 4. The number of nitrogens with zero attached hydrogens (tertiary/aromatic N) is 2. The van der Waals surface area contributed by atoms with Gasteiger partial charge >= 0.3 is 0 Å². The molecule has 0 aliphatic carbocycles. The fourth-order valence-corrected chi connectivity index (χ4v) is 4.21. The average Bonchev–Trinajstić information content (AvgIpc) is 2.73. The molecule has 0 saturated carbocycles. The molecule has 2 fully saturated rings. The van der Waals surface area contributed by atoms with Crippen LogP contribution in [0.25, 0.3) is 0 Å². The standard InChI is InChI=1S/C21H32ClN3O2/c1-18(15-22)20(26)23-17-21(7-13-27-14-8-21)25-11-9-24(10-12-25)16-19-5-3-2-4-6-19/h2-6,18H,7-17H2,1H3,(H,23,26). The lowest BCUT2D eigenvalue weighted by atomic mass is 9.86. The third-order valence-electron chi connectivity index (χ3n) is 5.99. The summed E-state index contributed by atoms with van der Waals surface area (Å²) in [5.41, 5.74) is 1.38. The van der Waals surface area contributed by atoms with Gasteiger partial charge in [-0.2, -0.15) is 0 Å². The van der Waals surface area contributed by atoms with Gasteiger partial charge in [0.15, 0.2) is 0 Å². The molecule has 1 atom stereocenters. The van der Waals surface area contributed by atoms with E-state index in [0.29, 0.717) is 12.4 Å². The van der Waals surface area contributed by atoms with Crippen LogP contribution in [0.3, 0.4) is 0 Å². The minimum atomic E-state index is -0.147. The number of piperazine rings is 1. The molecule has 0 aromatic heterocycles. The van der Waals surface area contributed by atoms with Gasteiger partial charge in [0.2, 0.25) is 5.91 Å². The molecular formula is C21H32ClN3O2. The van der Waals surface area contributed by atoms with Crippen molar-refractivity contribution in [1.82, 2.24) is 15.1 Å². The van der Waals surface area contributed by atoms with Gasteiger partial charge in [-0.15, -0.1) is 11.6 Å². The number of carbonyl (C=O) groups is 1. The van der Waals surface area contributed by atoms with Crippen molar-refractivity contribution in [3.8, 4) is 0 Å². The molecule has 1 aromatic rings. The van der Waals surface area contributed by atoms with E-state index in [2.05, 4.69) is 45.4 Å².